The molecular formula is C19H27FN4S. The van der Waals surface area contributed by atoms with Crippen molar-refractivity contribution in [2.45, 2.75) is 39.2 Å². The fraction of sp³-hybridized carbons (Fsp3) is 0.474. The summed E-state index contributed by atoms with van der Waals surface area (Å²) in [6.07, 6.45) is 0.865. The van der Waals surface area contributed by atoms with Crippen molar-refractivity contribution in [1.29, 1.82) is 0 Å². The molecule has 136 valence electrons. The van der Waals surface area contributed by atoms with Crippen LogP contribution in [0, 0.1) is 5.82 Å². The summed E-state index contributed by atoms with van der Waals surface area (Å²) >= 11 is 1.71. The van der Waals surface area contributed by atoms with E-state index in [1.165, 1.54) is 12.1 Å². The molecule has 6 heteroatoms. The van der Waals surface area contributed by atoms with Crippen LogP contribution >= 0.6 is 11.3 Å². The highest BCUT2D eigenvalue weighted by atomic mass is 32.1. The van der Waals surface area contributed by atoms with E-state index in [9.17, 15) is 4.39 Å². The zero-order valence-electron chi connectivity index (χ0n) is 15.6. The molecule has 2 aromatic rings. The average Bonchev–Trinajstić information content (AvgIpc) is 3.03. The summed E-state index contributed by atoms with van der Waals surface area (Å²) in [5, 5.41) is 6.64. The van der Waals surface area contributed by atoms with Gasteiger partial charge < -0.3 is 10.2 Å². The van der Waals surface area contributed by atoms with Crippen LogP contribution in [0.25, 0.3) is 0 Å². The maximum absolute atomic E-state index is 13.0. The van der Waals surface area contributed by atoms with Crippen molar-refractivity contribution in [3.05, 3.63) is 51.7 Å². The van der Waals surface area contributed by atoms with Crippen LogP contribution in [0.2, 0.25) is 0 Å². The topological polar surface area (TPSA) is 40.5 Å². The Morgan fingerprint density at radius 3 is 2.52 bits per heavy atom. The minimum absolute atomic E-state index is 0.0909. The first-order valence-corrected chi connectivity index (χ1v) is 9.28. The van der Waals surface area contributed by atoms with E-state index in [0.717, 1.165) is 35.2 Å². The van der Waals surface area contributed by atoms with Crippen LogP contribution in [0.3, 0.4) is 0 Å². The average molecular weight is 363 g/mol. The van der Waals surface area contributed by atoms with Crippen LogP contribution in [0.4, 0.5) is 4.39 Å². The minimum atomic E-state index is -0.216. The van der Waals surface area contributed by atoms with Crippen molar-refractivity contribution >= 4 is 17.3 Å². The summed E-state index contributed by atoms with van der Waals surface area (Å²) < 4.78 is 13.0. The van der Waals surface area contributed by atoms with Gasteiger partial charge in [0.1, 0.15) is 5.82 Å². The normalized spacial score (nSPS) is 12.3. The molecule has 4 nitrogen and oxygen atoms in total. The summed E-state index contributed by atoms with van der Waals surface area (Å²) in [5.41, 5.74) is 2.28. The Labute approximate surface area is 153 Å². The summed E-state index contributed by atoms with van der Waals surface area (Å²) in [5.74, 6) is 0.601. The van der Waals surface area contributed by atoms with Gasteiger partial charge in [0.05, 0.1) is 10.7 Å². The zero-order valence-corrected chi connectivity index (χ0v) is 16.5. The zero-order chi connectivity index (χ0) is 18.4. The van der Waals surface area contributed by atoms with Crippen molar-refractivity contribution in [2.24, 2.45) is 4.99 Å². The summed E-state index contributed by atoms with van der Waals surface area (Å²) in [6, 6.07) is 6.55. The van der Waals surface area contributed by atoms with E-state index in [0.29, 0.717) is 6.54 Å². The van der Waals surface area contributed by atoms with Gasteiger partial charge in [-0.05, 0) is 17.7 Å². The largest absolute Gasteiger partial charge is 0.356 e. The Kier molecular flexibility index (Phi) is 6.53. The number of thiazole rings is 1. The number of halogens is 1. The Morgan fingerprint density at radius 1 is 1.28 bits per heavy atom. The summed E-state index contributed by atoms with van der Waals surface area (Å²) in [4.78, 5) is 11.1. The standard InChI is InChI=1S/C19H27FN4S/c1-19(2,3)16-13-25-17(23-16)10-11-22-18(21-4)24(5)12-14-6-8-15(20)9-7-14/h6-9,13H,10-12H2,1-5H3,(H,21,22). The smallest absolute Gasteiger partial charge is 0.193 e. The maximum atomic E-state index is 13.0. The van der Waals surface area contributed by atoms with Crippen molar-refractivity contribution in [2.75, 3.05) is 20.6 Å². The quantitative estimate of drug-likeness (QED) is 0.649. The third-order valence-electron chi connectivity index (χ3n) is 3.85. The molecule has 0 saturated heterocycles. The Hall–Kier alpha value is -1.95. The number of hydrogen-bond acceptors (Lipinski definition) is 3. The number of guanidine groups is 1. The fourth-order valence-electron chi connectivity index (χ4n) is 2.37. The second-order valence-electron chi connectivity index (χ2n) is 7.08. The number of nitrogens with one attached hydrogen (secondary N) is 1. The number of rotatable bonds is 5. The first-order valence-electron chi connectivity index (χ1n) is 8.40. The Morgan fingerprint density at radius 2 is 1.96 bits per heavy atom. The van der Waals surface area contributed by atoms with E-state index in [4.69, 9.17) is 4.98 Å². The Balaban J connectivity index is 1.85. The third kappa shape index (κ3) is 5.81. The molecule has 1 heterocycles. The number of benzene rings is 1. The molecular weight excluding hydrogens is 335 g/mol. The van der Waals surface area contributed by atoms with Crippen molar-refractivity contribution in [3.8, 4) is 0 Å². The number of aromatic nitrogens is 1. The fourth-order valence-corrected chi connectivity index (χ4v) is 3.40. The SMILES string of the molecule is CN=C(NCCc1nc(C(C)(C)C)cs1)N(C)Cc1ccc(F)cc1. The van der Waals surface area contributed by atoms with Gasteiger partial charge in [-0.2, -0.15) is 0 Å². The van der Waals surface area contributed by atoms with Gasteiger partial charge in [0.15, 0.2) is 5.96 Å². The van der Waals surface area contributed by atoms with Gasteiger partial charge in [-0.1, -0.05) is 32.9 Å². The van der Waals surface area contributed by atoms with Gasteiger partial charge in [-0.15, -0.1) is 11.3 Å². The van der Waals surface area contributed by atoms with Crippen LogP contribution in [-0.2, 0) is 18.4 Å². The number of hydrogen-bond donors (Lipinski definition) is 1. The molecule has 0 saturated carbocycles. The molecule has 0 aliphatic heterocycles. The minimum Gasteiger partial charge on any atom is -0.356 e. The molecule has 0 amide bonds. The second-order valence-corrected chi connectivity index (χ2v) is 8.03. The van der Waals surface area contributed by atoms with Gasteiger partial charge in [-0.3, -0.25) is 4.99 Å². The lowest BCUT2D eigenvalue weighted by molar-refractivity contribution is 0.476. The molecule has 0 aliphatic rings. The molecule has 0 fully saturated rings. The van der Waals surface area contributed by atoms with Crippen LogP contribution in [0.15, 0.2) is 34.6 Å². The first-order chi connectivity index (χ1) is 11.8. The lowest BCUT2D eigenvalue weighted by atomic mass is 9.93. The molecule has 0 aliphatic carbocycles. The predicted molar refractivity (Wildman–Crippen MR) is 104 cm³/mol. The van der Waals surface area contributed by atoms with E-state index in [2.05, 4.69) is 36.5 Å². The van der Waals surface area contributed by atoms with Gasteiger partial charge in [0, 0.05) is 44.4 Å². The molecule has 25 heavy (non-hydrogen) atoms. The van der Waals surface area contributed by atoms with Gasteiger partial charge in [0.25, 0.3) is 0 Å². The van der Waals surface area contributed by atoms with Crippen LogP contribution < -0.4 is 5.32 Å². The van der Waals surface area contributed by atoms with E-state index >= 15 is 0 Å². The molecule has 0 radical (unpaired) electrons. The highest BCUT2D eigenvalue weighted by Gasteiger charge is 2.17. The second kappa shape index (κ2) is 8.43. The van der Waals surface area contributed by atoms with Crippen LogP contribution in [0.5, 0.6) is 0 Å². The van der Waals surface area contributed by atoms with Crippen LogP contribution in [-0.4, -0.2) is 36.5 Å². The van der Waals surface area contributed by atoms with E-state index in [-0.39, 0.29) is 11.2 Å². The number of nitrogens with zero attached hydrogens (tertiary/aromatic N) is 3. The van der Waals surface area contributed by atoms with Crippen molar-refractivity contribution < 1.29 is 4.39 Å². The molecule has 0 spiro atoms. The van der Waals surface area contributed by atoms with Gasteiger partial charge in [-0.25, -0.2) is 9.37 Å². The monoisotopic (exact) mass is 362 g/mol. The Bertz CT molecular complexity index is 701. The van der Waals surface area contributed by atoms with E-state index < -0.39 is 0 Å². The molecule has 0 atom stereocenters. The van der Waals surface area contributed by atoms with Crippen LogP contribution in [0.1, 0.15) is 37.0 Å². The predicted octanol–water partition coefficient (Wildman–Crippen LogP) is 3.83. The molecule has 2 rings (SSSR count). The van der Waals surface area contributed by atoms with Crippen molar-refractivity contribution in [3.63, 3.8) is 0 Å². The molecule has 1 aromatic heterocycles. The molecule has 1 aromatic carbocycles. The van der Waals surface area contributed by atoms with Gasteiger partial charge in [0.2, 0.25) is 0 Å². The molecule has 0 bridgehead atoms. The summed E-state index contributed by atoms with van der Waals surface area (Å²) in [6.45, 7) is 7.98. The lowest BCUT2D eigenvalue weighted by Crippen LogP contribution is -2.39. The van der Waals surface area contributed by atoms with E-state index in [1.54, 1.807) is 30.5 Å². The molecule has 0 unspecified atom stereocenters. The lowest BCUT2D eigenvalue weighted by Gasteiger charge is -2.22. The van der Waals surface area contributed by atoms with E-state index in [1.807, 2.05) is 11.9 Å². The number of aliphatic imine (C=N–C) groups is 1. The first kappa shape index (κ1) is 19.4. The maximum Gasteiger partial charge on any atom is 0.193 e. The molecule has 1 N–H and O–H groups in total. The van der Waals surface area contributed by atoms with Crippen molar-refractivity contribution in [1.82, 2.24) is 15.2 Å². The summed E-state index contributed by atoms with van der Waals surface area (Å²) in [7, 11) is 3.74. The highest BCUT2D eigenvalue weighted by molar-refractivity contribution is 7.09. The third-order valence-corrected chi connectivity index (χ3v) is 4.76. The highest BCUT2D eigenvalue weighted by Crippen LogP contribution is 2.23. The van der Waals surface area contributed by atoms with Gasteiger partial charge >= 0.3 is 0 Å².